The van der Waals surface area contributed by atoms with Gasteiger partial charge in [0.05, 0.1) is 11.8 Å². The van der Waals surface area contributed by atoms with Crippen LogP contribution in [0, 0.1) is 0 Å². The molecule has 2 rings (SSSR count). The van der Waals surface area contributed by atoms with Gasteiger partial charge in [-0.05, 0) is 6.92 Å². The van der Waals surface area contributed by atoms with Gasteiger partial charge in [-0.1, -0.05) is 0 Å². The summed E-state index contributed by atoms with van der Waals surface area (Å²) in [5.41, 5.74) is 0. The summed E-state index contributed by atoms with van der Waals surface area (Å²) in [7, 11) is -1.13. The molecule has 0 radical (unpaired) electrons. The van der Waals surface area contributed by atoms with E-state index in [1.807, 2.05) is 17.8 Å². The first kappa shape index (κ1) is 18.4. The predicted octanol–water partition coefficient (Wildman–Crippen LogP) is -0.272. The summed E-state index contributed by atoms with van der Waals surface area (Å²) in [6.07, 6.45) is 3.73. The van der Waals surface area contributed by atoms with Crippen molar-refractivity contribution in [3.8, 4) is 0 Å². The van der Waals surface area contributed by atoms with E-state index in [0.717, 1.165) is 25.5 Å². The van der Waals surface area contributed by atoms with E-state index in [1.165, 1.54) is 0 Å². The smallest absolute Gasteiger partial charge is 0.211 e. The number of rotatable bonds is 6. The largest absolute Gasteiger partial charge is 0.337 e. The molecule has 21 heavy (non-hydrogen) atoms. The molecule has 7 nitrogen and oxygen atoms in total. The third-order valence-electron chi connectivity index (χ3n) is 3.61. The Morgan fingerprint density at radius 1 is 1.52 bits per heavy atom. The van der Waals surface area contributed by atoms with Gasteiger partial charge in [0.2, 0.25) is 10.0 Å². The topological polar surface area (TPSA) is 79.3 Å². The van der Waals surface area contributed by atoms with Gasteiger partial charge in [-0.3, -0.25) is 4.90 Å². The second-order valence-electron chi connectivity index (χ2n) is 4.95. The van der Waals surface area contributed by atoms with Crippen molar-refractivity contribution in [1.29, 1.82) is 0 Å². The maximum atomic E-state index is 11.4. The van der Waals surface area contributed by atoms with Crippen molar-refractivity contribution in [3.05, 3.63) is 18.2 Å². The molecule has 1 aliphatic rings. The number of piperazine rings is 1. The van der Waals surface area contributed by atoms with Crippen molar-refractivity contribution in [2.75, 3.05) is 38.5 Å². The fraction of sp³-hybridized carbons (Fsp3) is 0.750. The fourth-order valence-electron chi connectivity index (χ4n) is 2.41. The summed E-state index contributed by atoms with van der Waals surface area (Å²) in [6.45, 7) is 5.43. The van der Waals surface area contributed by atoms with E-state index < -0.39 is 10.0 Å². The van der Waals surface area contributed by atoms with Crippen LogP contribution in [-0.4, -0.2) is 61.3 Å². The Morgan fingerprint density at radius 3 is 2.90 bits per heavy atom. The van der Waals surface area contributed by atoms with Crippen molar-refractivity contribution < 1.29 is 8.42 Å². The maximum absolute atomic E-state index is 11.4. The van der Waals surface area contributed by atoms with Crippen molar-refractivity contribution >= 4 is 22.4 Å². The van der Waals surface area contributed by atoms with Gasteiger partial charge in [0.25, 0.3) is 0 Å². The number of hydrogen-bond acceptors (Lipinski definition) is 5. The first-order valence-electron chi connectivity index (χ1n) is 6.93. The molecule has 1 aromatic rings. The lowest BCUT2D eigenvalue weighted by Crippen LogP contribution is -2.49. The molecule has 1 fully saturated rings. The molecule has 1 saturated heterocycles. The monoisotopic (exact) mass is 337 g/mol. The molecule has 0 amide bonds. The van der Waals surface area contributed by atoms with Gasteiger partial charge in [-0.2, -0.15) is 0 Å². The molecular weight excluding hydrogens is 314 g/mol. The summed E-state index contributed by atoms with van der Waals surface area (Å²) in [4.78, 5) is 6.68. The molecule has 2 N–H and O–H groups in total. The molecule has 0 aromatic carbocycles. The molecular formula is C12H24ClN5O2S. The highest BCUT2D eigenvalue weighted by Gasteiger charge is 2.26. The lowest BCUT2D eigenvalue weighted by molar-refractivity contribution is 0.156. The highest BCUT2D eigenvalue weighted by molar-refractivity contribution is 7.89. The lowest BCUT2D eigenvalue weighted by Gasteiger charge is -2.35. The van der Waals surface area contributed by atoms with Crippen LogP contribution in [0.3, 0.4) is 0 Å². The van der Waals surface area contributed by atoms with E-state index in [0.29, 0.717) is 13.1 Å². The molecule has 0 saturated carbocycles. The third-order valence-corrected chi connectivity index (χ3v) is 5.02. The second kappa shape index (κ2) is 8.09. The number of aromatic nitrogens is 2. The number of sulfonamides is 1. The summed E-state index contributed by atoms with van der Waals surface area (Å²) in [6, 6.07) is 0.190. The first-order chi connectivity index (χ1) is 9.53. The zero-order chi connectivity index (χ0) is 14.6. The quantitative estimate of drug-likeness (QED) is 0.747. The van der Waals surface area contributed by atoms with Crippen LogP contribution in [0.15, 0.2) is 12.4 Å². The number of imidazole rings is 1. The molecule has 0 spiro atoms. The van der Waals surface area contributed by atoms with Crippen molar-refractivity contribution in [2.24, 2.45) is 7.05 Å². The minimum atomic E-state index is -3.11. The average molecular weight is 338 g/mol. The Hall–Kier alpha value is -0.670. The third kappa shape index (κ3) is 4.93. The van der Waals surface area contributed by atoms with E-state index in [2.05, 4.69) is 19.9 Å². The van der Waals surface area contributed by atoms with Crippen LogP contribution < -0.4 is 10.0 Å². The summed E-state index contributed by atoms with van der Waals surface area (Å²) < 4.78 is 27.5. The van der Waals surface area contributed by atoms with Crippen LogP contribution in [0.5, 0.6) is 0 Å². The molecule has 2 heterocycles. The minimum absolute atomic E-state index is 0. The molecule has 1 aromatic heterocycles. The Kier molecular flexibility index (Phi) is 7.08. The Balaban J connectivity index is 0.00000220. The number of hydrogen-bond donors (Lipinski definition) is 2. The van der Waals surface area contributed by atoms with E-state index in [-0.39, 0.29) is 24.2 Å². The molecule has 1 unspecified atom stereocenters. The SMILES string of the molecule is CCS(=O)(=O)NCCN1CCNCC1c1nccn1C.Cl. The highest BCUT2D eigenvalue weighted by atomic mass is 35.5. The minimum Gasteiger partial charge on any atom is -0.337 e. The van der Waals surface area contributed by atoms with Crippen molar-refractivity contribution in [3.63, 3.8) is 0 Å². The van der Waals surface area contributed by atoms with Crippen LogP contribution in [0.4, 0.5) is 0 Å². The van der Waals surface area contributed by atoms with Gasteiger partial charge in [0.15, 0.2) is 0 Å². The van der Waals surface area contributed by atoms with E-state index in [9.17, 15) is 8.42 Å². The Morgan fingerprint density at radius 2 is 2.29 bits per heavy atom. The number of nitrogens with zero attached hydrogens (tertiary/aromatic N) is 3. The van der Waals surface area contributed by atoms with Gasteiger partial charge < -0.3 is 9.88 Å². The lowest BCUT2D eigenvalue weighted by atomic mass is 10.2. The van der Waals surface area contributed by atoms with E-state index in [1.54, 1.807) is 13.1 Å². The normalized spacial score (nSPS) is 20.2. The van der Waals surface area contributed by atoms with Gasteiger partial charge in [0, 0.05) is 52.2 Å². The van der Waals surface area contributed by atoms with Gasteiger partial charge in [-0.25, -0.2) is 18.1 Å². The van der Waals surface area contributed by atoms with E-state index in [4.69, 9.17) is 0 Å². The number of aryl methyl sites for hydroxylation is 1. The highest BCUT2D eigenvalue weighted by Crippen LogP contribution is 2.19. The predicted molar refractivity (Wildman–Crippen MR) is 85.1 cm³/mol. The van der Waals surface area contributed by atoms with Gasteiger partial charge >= 0.3 is 0 Å². The first-order valence-corrected chi connectivity index (χ1v) is 8.58. The molecule has 9 heteroatoms. The summed E-state index contributed by atoms with van der Waals surface area (Å²) in [5.74, 6) is 1.13. The van der Waals surface area contributed by atoms with Crippen LogP contribution >= 0.6 is 12.4 Å². The maximum Gasteiger partial charge on any atom is 0.211 e. The Bertz CT molecular complexity index is 534. The van der Waals surface area contributed by atoms with Gasteiger partial charge in [0.1, 0.15) is 5.82 Å². The van der Waals surface area contributed by atoms with Crippen LogP contribution in [0.2, 0.25) is 0 Å². The Labute approximate surface area is 132 Å². The standard InChI is InChI=1S/C12H23N5O2S.ClH/c1-3-20(18,19)15-6-9-17-8-4-13-10-11(17)12-14-5-7-16(12)2;/h5,7,11,13,15H,3-4,6,8-10H2,1-2H3;1H. The van der Waals surface area contributed by atoms with Crippen LogP contribution in [0.25, 0.3) is 0 Å². The van der Waals surface area contributed by atoms with E-state index >= 15 is 0 Å². The zero-order valence-corrected chi connectivity index (χ0v) is 14.1. The zero-order valence-electron chi connectivity index (χ0n) is 12.4. The van der Waals surface area contributed by atoms with Gasteiger partial charge in [-0.15, -0.1) is 12.4 Å². The van der Waals surface area contributed by atoms with Crippen molar-refractivity contribution in [1.82, 2.24) is 24.5 Å². The van der Waals surface area contributed by atoms with Crippen LogP contribution in [0.1, 0.15) is 18.8 Å². The molecule has 1 aliphatic heterocycles. The fourth-order valence-corrected chi connectivity index (χ4v) is 3.02. The second-order valence-corrected chi connectivity index (χ2v) is 7.05. The summed E-state index contributed by atoms with van der Waals surface area (Å²) in [5, 5.41) is 3.36. The molecule has 0 aliphatic carbocycles. The molecule has 122 valence electrons. The number of nitrogens with one attached hydrogen (secondary N) is 2. The molecule has 1 atom stereocenters. The summed E-state index contributed by atoms with van der Waals surface area (Å²) >= 11 is 0. The number of halogens is 1. The van der Waals surface area contributed by atoms with Crippen LogP contribution in [-0.2, 0) is 17.1 Å². The van der Waals surface area contributed by atoms with Crippen molar-refractivity contribution in [2.45, 2.75) is 13.0 Å². The average Bonchev–Trinajstić information content (AvgIpc) is 2.85. The molecule has 0 bridgehead atoms.